The van der Waals surface area contributed by atoms with Gasteiger partial charge in [0, 0.05) is 43.2 Å². The van der Waals surface area contributed by atoms with Crippen molar-refractivity contribution in [1.29, 1.82) is 0 Å². The number of pyridine rings is 1. The summed E-state index contributed by atoms with van der Waals surface area (Å²) in [5, 5.41) is 18.2. The number of carbonyl (C=O) groups excluding carboxylic acids is 2. The van der Waals surface area contributed by atoms with Crippen LogP contribution in [0, 0.1) is 5.92 Å². The van der Waals surface area contributed by atoms with Crippen molar-refractivity contribution in [1.82, 2.24) is 19.9 Å². The van der Waals surface area contributed by atoms with E-state index in [-0.39, 0.29) is 24.3 Å². The van der Waals surface area contributed by atoms with Crippen LogP contribution in [-0.4, -0.2) is 77.6 Å². The third kappa shape index (κ3) is 8.33. The Morgan fingerprint density at radius 2 is 2.05 bits per heavy atom. The minimum atomic E-state index is -1.17. The van der Waals surface area contributed by atoms with Crippen LogP contribution in [0.1, 0.15) is 48.9 Å². The highest BCUT2D eigenvalue weighted by molar-refractivity contribution is 7.97. The Labute approximate surface area is 250 Å². The number of hydrogen-bond donors (Lipinski definition) is 4. The fourth-order valence-electron chi connectivity index (χ4n) is 5.26. The fourth-order valence-corrected chi connectivity index (χ4v) is 6.39. The Morgan fingerprint density at radius 1 is 1.17 bits per heavy atom. The number of carboxylic acid groups (broad SMARTS) is 1. The van der Waals surface area contributed by atoms with Crippen molar-refractivity contribution in [2.24, 2.45) is 5.92 Å². The molecule has 1 saturated heterocycles. The summed E-state index contributed by atoms with van der Waals surface area (Å²) in [7, 11) is 0. The molecule has 42 heavy (non-hydrogen) atoms. The zero-order chi connectivity index (χ0) is 29.3. The number of fused-ring (bicyclic) bond motifs is 1. The van der Waals surface area contributed by atoms with Crippen molar-refractivity contribution in [2.45, 2.75) is 55.9 Å². The minimum absolute atomic E-state index is 0.142. The molecule has 0 aliphatic carbocycles. The SMILES string of the molecule is O=C(CCCCc1ccc2c(n1)NCCC2)NCC(NC(=O)C1CN(Sc2cccc(C3=CCOCC3)c2)C1)C(=O)O. The smallest absolute Gasteiger partial charge is 0.328 e. The molecule has 1 aromatic heterocycles. The number of nitrogens with one attached hydrogen (secondary N) is 3. The Balaban J connectivity index is 0.987. The van der Waals surface area contributed by atoms with Crippen LogP contribution in [0.3, 0.4) is 0 Å². The van der Waals surface area contributed by atoms with E-state index in [9.17, 15) is 19.5 Å². The number of ether oxygens (including phenoxy) is 1. The second-order valence-corrected chi connectivity index (χ2v) is 12.1. The molecule has 0 radical (unpaired) electrons. The molecule has 3 aliphatic rings. The minimum Gasteiger partial charge on any atom is -0.480 e. The van der Waals surface area contributed by atoms with E-state index in [0.717, 1.165) is 61.7 Å². The molecule has 224 valence electrons. The maximum atomic E-state index is 12.7. The molecular weight excluding hydrogens is 554 g/mol. The molecule has 4 heterocycles. The van der Waals surface area contributed by atoms with Crippen molar-refractivity contribution in [2.75, 3.05) is 44.7 Å². The van der Waals surface area contributed by atoms with Crippen LogP contribution < -0.4 is 16.0 Å². The van der Waals surface area contributed by atoms with Crippen molar-refractivity contribution < 1.29 is 24.2 Å². The third-order valence-electron chi connectivity index (χ3n) is 7.78. The molecule has 1 unspecified atom stereocenters. The molecule has 1 fully saturated rings. The van der Waals surface area contributed by atoms with Gasteiger partial charge in [-0.3, -0.25) is 9.59 Å². The summed E-state index contributed by atoms with van der Waals surface area (Å²) < 4.78 is 7.50. The molecule has 0 saturated carbocycles. The van der Waals surface area contributed by atoms with Crippen LogP contribution in [0.5, 0.6) is 0 Å². The summed E-state index contributed by atoms with van der Waals surface area (Å²) >= 11 is 1.60. The number of aryl methyl sites for hydroxylation is 2. The lowest BCUT2D eigenvalue weighted by molar-refractivity contribution is -0.143. The number of hydrogen-bond acceptors (Lipinski definition) is 8. The summed E-state index contributed by atoms with van der Waals surface area (Å²) in [6.07, 6.45) is 7.76. The van der Waals surface area contributed by atoms with Crippen LogP contribution in [-0.2, 0) is 32.0 Å². The second kappa shape index (κ2) is 14.7. The van der Waals surface area contributed by atoms with Gasteiger partial charge in [-0.25, -0.2) is 14.1 Å². The first-order valence-corrected chi connectivity index (χ1v) is 15.5. The topological polar surface area (TPSA) is 133 Å². The van der Waals surface area contributed by atoms with Crippen molar-refractivity contribution >= 4 is 41.1 Å². The van der Waals surface area contributed by atoms with Gasteiger partial charge in [0.2, 0.25) is 11.8 Å². The maximum Gasteiger partial charge on any atom is 0.328 e. The number of aromatic nitrogens is 1. The number of anilines is 1. The standard InChI is InChI=1S/C31H39N5O5S/c37-28(9-2-1-7-25-11-10-22-6-4-14-32-29(22)34-25)33-18-27(31(39)40)35-30(38)24-19-36(20-24)42-26-8-3-5-23(17-26)21-12-15-41-16-13-21/h3,5,8,10-12,17,24,27H,1-2,4,6-7,9,13-16,18-20H2,(H,32,34)(H,33,37)(H,35,38)(H,39,40). The van der Waals surface area contributed by atoms with Crippen LogP contribution >= 0.6 is 11.9 Å². The van der Waals surface area contributed by atoms with E-state index in [1.54, 1.807) is 11.9 Å². The second-order valence-electron chi connectivity index (χ2n) is 11.0. The molecule has 0 spiro atoms. The number of unbranched alkanes of at least 4 members (excludes halogenated alkanes) is 1. The van der Waals surface area contributed by atoms with Gasteiger partial charge in [-0.2, -0.15) is 0 Å². The van der Waals surface area contributed by atoms with E-state index in [2.05, 4.69) is 55.6 Å². The summed E-state index contributed by atoms with van der Waals surface area (Å²) in [6.45, 7) is 3.25. The highest BCUT2D eigenvalue weighted by Crippen LogP contribution is 2.33. The Bertz CT molecular complexity index is 1310. The van der Waals surface area contributed by atoms with Gasteiger partial charge in [0.15, 0.2) is 0 Å². The number of aliphatic carboxylic acids is 1. The molecule has 4 N–H and O–H groups in total. The molecule has 1 atom stereocenters. The predicted octanol–water partition coefficient (Wildman–Crippen LogP) is 3.28. The monoisotopic (exact) mass is 593 g/mol. The van der Waals surface area contributed by atoms with E-state index in [0.29, 0.717) is 32.5 Å². The van der Waals surface area contributed by atoms with E-state index >= 15 is 0 Å². The molecule has 1 aromatic carbocycles. The van der Waals surface area contributed by atoms with Crippen molar-refractivity contribution in [3.63, 3.8) is 0 Å². The number of nitrogens with zero attached hydrogens (tertiary/aromatic N) is 2. The van der Waals surface area contributed by atoms with Gasteiger partial charge in [-0.15, -0.1) is 0 Å². The van der Waals surface area contributed by atoms with Gasteiger partial charge < -0.3 is 25.8 Å². The molecule has 2 amide bonds. The van der Waals surface area contributed by atoms with Crippen LogP contribution in [0.2, 0.25) is 0 Å². The average Bonchev–Trinajstić information content (AvgIpc) is 2.99. The first-order valence-electron chi connectivity index (χ1n) is 14.8. The van der Waals surface area contributed by atoms with Gasteiger partial charge in [0.05, 0.1) is 19.1 Å². The lowest BCUT2D eigenvalue weighted by atomic mass is 10.0. The van der Waals surface area contributed by atoms with Crippen LogP contribution in [0.15, 0.2) is 47.4 Å². The van der Waals surface area contributed by atoms with E-state index in [1.807, 2.05) is 12.1 Å². The average molecular weight is 594 g/mol. The molecule has 11 heteroatoms. The highest BCUT2D eigenvalue weighted by atomic mass is 32.2. The quantitative estimate of drug-likeness (QED) is 0.204. The molecule has 5 rings (SSSR count). The summed E-state index contributed by atoms with van der Waals surface area (Å²) in [6, 6.07) is 11.4. The summed E-state index contributed by atoms with van der Waals surface area (Å²) in [5.74, 6) is -1.01. The molecule has 10 nitrogen and oxygen atoms in total. The number of carbonyl (C=O) groups is 3. The normalized spacial score (nSPS) is 17.7. The Morgan fingerprint density at radius 3 is 2.86 bits per heavy atom. The van der Waals surface area contributed by atoms with Crippen LogP contribution in [0.25, 0.3) is 5.57 Å². The zero-order valence-corrected chi connectivity index (χ0v) is 24.6. The van der Waals surface area contributed by atoms with Gasteiger partial charge in [-0.05, 0) is 85.4 Å². The zero-order valence-electron chi connectivity index (χ0n) is 23.8. The Kier molecular flexibility index (Phi) is 10.5. The number of amides is 2. The molecule has 0 bridgehead atoms. The highest BCUT2D eigenvalue weighted by Gasteiger charge is 2.35. The van der Waals surface area contributed by atoms with E-state index < -0.39 is 12.0 Å². The Hall–Kier alpha value is -3.41. The third-order valence-corrected chi connectivity index (χ3v) is 8.80. The first kappa shape index (κ1) is 30.1. The number of benzene rings is 1. The molecule has 3 aliphatic heterocycles. The lowest BCUT2D eigenvalue weighted by Gasteiger charge is -2.37. The summed E-state index contributed by atoms with van der Waals surface area (Å²) in [5.41, 5.74) is 4.74. The summed E-state index contributed by atoms with van der Waals surface area (Å²) in [4.78, 5) is 42.6. The van der Waals surface area contributed by atoms with Gasteiger partial charge in [0.1, 0.15) is 11.9 Å². The lowest BCUT2D eigenvalue weighted by Crippen LogP contribution is -2.56. The molecular formula is C31H39N5O5S. The van der Waals surface area contributed by atoms with E-state index in [1.165, 1.54) is 16.7 Å². The van der Waals surface area contributed by atoms with E-state index in [4.69, 9.17) is 4.74 Å². The predicted molar refractivity (Wildman–Crippen MR) is 162 cm³/mol. The first-order chi connectivity index (χ1) is 20.4. The number of carboxylic acids is 1. The maximum absolute atomic E-state index is 12.7. The largest absolute Gasteiger partial charge is 0.480 e. The van der Waals surface area contributed by atoms with Crippen LogP contribution in [0.4, 0.5) is 5.82 Å². The molecule has 2 aromatic rings. The van der Waals surface area contributed by atoms with Gasteiger partial charge in [0.25, 0.3) is 0 Å². The number of rotatable bonds is 13. The fraction of sp³-hybridized carbons (Fsp3) is 0.484. The van der Waals surface area contributed by atoms with Crippen molar-refractivity contribution in [3.05, 3.63) is 59.3 Å². The van der Waals surface area contributed by atoms with Crippen molar-refractivity contribution in [3.8, 4) is 0 Å². The van der Waals surface area contributed by atoms with Gasteiger partial charge in [-0.1, -0.05) is 24.3 Å². The van der Waals surface area contributed by atoms with Gasteiger partial charge >= 0.3 is 5.97 Å².